The van der Waals surface area contributed by atoms with Gasteiger partial charge in [0.25, 0.3) is 0 Å². The first-order valence-corrected chi connectivity index (χ1v) is 6.91. The predicted octanol–water partition coefficient (Wildman–Crippen LogP) is 4.60. The van der Waals surface area contributed by atoms with Gasteiger partial charge in [-0.15, -0.1) is 0 Å². The van der Waals surface area contributed by atoms with Crippen LogP contribution < -0.4 is 4.74 Å². The van der Waals surface area contributed by atoms with E-state index in [9.17, 15) is 0 Å². The van der Waals surface area contributed by atoms with Crippen molar-refractivity contribution in [1.29, 1.82) is 0 Å². The van der Waals surface area contributed by atoms with Gasteiger partial charge in [-0.05, 0) is 49.8 Å². The van der Waals surface area contributed by atoms with Gasteiger partial charge in [0.2, 0.25) is 0 Å². The van der Waals surface area contributed by atoms with Crippen LogP contribution in [0.15, 0.2) is 24.3 Å². The summed E-state index contributed by atoms with van der Waals surface area (Å²) in [5.74, 6) is 2.20. The summed E-state index contributed by atoms with van der Waals surface area (Å²) in [5, 5.41) is 0. The topological polar surface area (TPSA) is 18.5 Å². The van der Waals surface area contributed by atoms with Gasteiger partial charge in [0.1, 0.15) is 5.75 Å². The van der Waals surface area contributed by atoms with Crippen molar-refractivity contribution < 1.29 is 9.47 Å². The van der Waals surface area contributed by atoms with Crippen LogP contribution in [0.5, 0.6) is 5.75 Å². The van der Waals surface area contributed by atoms with Crippen molar-refractivity contribution >= 4 is 0 Å². The molecule has 0 aliphatic rings. The van der Waals surface area contributed by atoms with Crippen molar-refractivity contribution in [1.82, 2.24) is 0 Å². The van der Waals surface area contributed by atoms with Crippen LogP contribution in [0.2, 0.25) is 0 Å². The molecule has 2 heteroatoms. The van der Waals surface area contributed by atoms with Gasteiger partial charge in [0.15, 0.2) is 6.29 Å². The lowest BCUT2D eigenvalue weighted by Crippen LogP contribution is -2.15. The minimum Gasteiger partial charge on any atom is -0.465 e. The van der Waals surface area contributed by atoms with Crippen molar-refractivity contribution in [2.24, 2.45) is 5.92 Å². The zero-order valence-corrected chi connectivity index (χ0v) is 12.3. The number of hydrogen-bond acceptors (Lipinski definition) is 2. The number of rotatable bonds is 7. The second-order valence-corrected chi connectivity index (χ2v) is 5.24. The Morgan fingerprint density at radius 2 is 1.61 bits per heavy atom. The maximum Gasteiger partial charge on any atom is 0.196 e. The zero-order valence-electron chi connectivity index (χ0n) is 12.3. The summed E-state index contributed by atoms with van der Waals surface area (Å²) in [7, 11) is 0. The first-order valence-electron chi connectivity index (χ1n) is 6.91. The molecular formula is C16H26O2. The van der Waals surface area contributed by atoms with Gasteiger partial charge in [0, 0.05) is 6.61 Å². The van der Waals surface area contributed by atoms with Gasteiger partial charge in [-0.1, -0.05) is 32.9 Å². The highest BCUT2D eigenvalue weighted by Gasteiger charge is 2.08. The van der Waals surface area contributed by atoms with Crippen molar-refractivity contribution in [3.8, 4) is 5.75 Å². The van der Waals surface area contributed by atoms with Crippen molar-refractivity contribution in [2.75, 3.05) is 6.61 Å². The molecule has 0 spiro atoms. The Morgan fingerprint density at radius 1 is 1.00 bits per heavy atom. The van der Waals surface area contributed by atoms with Gasteiger partial charge in [0.05, 0.1) is 0 Å². The van der Waals surface area contributed by atoms with Crippen LogP contribution in [0.25, 0.3) is 0 Å². The standard InChI is InChI=1S/C16H26O2/c1-6-17-14(5)18-16-9-7-15(8-10-16)13(4)11-12(2)3/h7-10,12-14H,6,11H2,1-5H3. The van der Waals surface area contributed by atoms with E-state index in [1.54, 1.807) is 0 Å². The number of ether oxygens (including phenoxy) is 2. The molecule has 0 fully saturated rings. The first-order chi connectivity index (χ1) is 8.52. The van der Waals surface area contributed by atoms with Crippen molar-refractivity contribution in [3.63, 3.8) is 0 Å². The van der Waals surface area contributed by atoms with Gasteiger partial charge in [-0.2, -0.15) is 0 Å². The van der Waals surface area contributed by atoms with Crippen LogP contribution in [-0.2, 0) is 4.74 Å². The van der Waals surface area contributed by atoms with Crippen LogP contribution in [0, 0.1) is 5.92 Å². The van der Waals surface area contributed by atoms with Crippen LogP contribution >= 0.6 is 0 Å². The fourth-order valence-electron chi connectivity index (χ4n) is 2.18. The lowest BCUT2D eigenvalue weighted by molar-refractivity contribution is -0.0613. The van der Waals surface area contributed by atoms with Crippen LogP contribution in [-0.4, -0.2) is 12.9 Å². The molecule has 0 aromatic heterocycles. The third-order valence-corrected chi connectivity index (χ3v) is 2.98. The highest BCUT2D eigenvalue weighted by atomic mass is 16.7. The molecule has 0 radical (unpaired) electrons. The minimum atomic E-state index is -0.186. The zero-order chi connectivity index (χ0) is 13.5. The number of hydrogen-bond donors (Lipinski definition) is 0. The first kappa shape index (κ1) is 15.0. The molecule has 1 aromatic rings. The summed E-state index contributed by atoms with van der Waals surface area (Å²) >= 11 is 0. The molecule has 1 rings (SSSR count). The summed E-state index contributed by atoms with van der Waals surface area (Å²) in [6.45, 7) is 11.4. The molecule has 0 heterocycles. The Morgan fingerprint density at radius 3 is 2.11 bits per heavy atom. The van der Waals surface area contributed by atoms with Crippen molar-refractivity contribution in [2.45, 2.75) is 53.2 Å². The van der Waals surface area contributed by atoms with E-state index in [1.165, 1.54) is 12.0 Å². The van der Waals surface area contributed by atoms with E-state index in [4.69, 9.17) is 9.47 Å². The van der Waals surface area contributed by atoms with E-state index in [0.717, 1.165) is 11.7 Å². The van der Waals surface area contributed by atoms with Crippen LogP contribution in [0.1, 0.15) is 52.5 Å². The molecule has 1 aromatic carbocycles. The molecule has 18 heavy (non-hydrogen) atoms. The molecule has 2 nitrogen and oxygen atoms in total. The van der Waals surface area contributed by atoms with E-state index < -0.39 is 0 Å². The van der Waals surface area contributed by atoms with Gasteiger partial charge in [-0.25, -0.2) is 0 Å². The molecule has 2 atom stereocenters. The Balaban J connectivity index is 2.56. The number of benzene rings is 1. The summed E-state index contributed by atoms with van der Waals surface area (Å²) in [6, 6.07) is 8.37. The summed E-state index contributed by atoms with van der Waals surface area (Å²) < 4.78 is 11.0. The average Bonchev–Trinajstić information content (AvgIpc) is 2.29. The second kappa shape index (κ2) is 7.42. The normalized spacial score (nSPS) is 14.6. The fourth-order valence-corrected chi connectivity index (χ4v) is 2.18. The quantitative estimate of drug-likeness (QED) is 0.658. The lowest BCUT2D eigenvalue weighted by atomic mass is 9.92. The Hall–Kier alpha value is -1.02. The summed E-state index contributed by atoms with van der Waals surface area (Å²) in [4.78, 5) is 0. The largest absolute Gasteiger partial charge is 0.465 e. The molecule has 0 amide bonds. The molecule has 2 unspecified atom stereocenters. The molecule has 0 bridgehead atoms. The van der Waals surface area contributed by atoms with Crippen LogP contribution in [0.4, 0.5) is 0 Å². The molecule has 102 valence electrons. The summed E-state index contributed by atoms with van der Waals surface area (Å²) in [6.07, 6.45) is 1.03. The third kappa shape index (κ3) is 5.09. The predicted molar refractivity (Wildman–Crippen MR) is 76.0 cm³/mol. The fraction of sp³-hybridized carbons (Fsp3) is 0.625. The summed E-state index contributed by atoms with van der Waals surface area (Å²) in [5.41, 5.74) is 1.38. The highest BCUT2D eigenvalue weighted by Crippen LogP contribution is 2.25. The maximum absolute atomic E-state index is 5.65. The molecule has 0 aliphatic carbocycles. The monoisotopic (exact) mass is 250 g/mol. The van der Waals surface area contributed by atoms with E-state index in [0.29, 0.717) is 12.5 Å². The maximum atomic E-state index is 5.65. The minimum absolute atomic E-state index is 0.186. The highest BCUT2D eigenvalue weighted by molar-refractivity contribution is 5.29. The Bertz CT molecular complexity index is 329. The molecular weight excluding hydrogens is 224 g/mol. The average molecular weight is 250 g/mol. The molecule has 0 saturated heterocycles. The van der Waals surface area contributed by atoms with E-state index in [-0.39, 0.29) is 6.29 Å². The van der Waals surface area contributed by atoms with E-state index in [1.807, 2.05) is 26.0 Å². The van der Waals surface area contributed by atoms with E-state index >= 15 is 0 Å². The van der Waals surface area contributed by atoms with Crippen molar-refractivity contribution in [3.05, 3.63) is 29.8 Å². The Labute approximate surface area is 111 Å². The molecule has 0 saturated carbocycles. The lowest BCUT2D eigenvalue weighted by Gasteiger charge is -2.17. The van der Waals surface area contributed by atoms with Crippen LogP contribution in [0.3, 0.4) is 0 Å². The van der Waals surface area contributed by atoms with Gasteiger partial charge < -0.3 is 9.47 Å². The van der Waals surface area contributed by atoms with Gasteiger partial charge >= 0.3 is 0 Å². The third-order valence-electron chi connectivity index (χ3n) is 2.98. The van der Waals surface area contributed by atoms with E-state index in [2.05, 4.69) is 32.9 Å². The molecule has 0 N–H and O–H groups in total. The SMILES string of the molecule is CCOC(C)Oc1ccc(C(C)CC(C)C)cc1. The molecule has 0 aliphatic heterocycles. The van der Waals surface area contributed by atoms with Gasteiger partial charge in [-0.3, -0.25) is 0 Å². The smallest absolute Gasteiger partial charge is 0.196 e. The second-order valence-electron chi connectivity index (χ2n) is 5.24. The Kier molecular flexibility index (Phi) is 6.20.